The van der Waals surface area contributed by atoms with E-state index in [1.807, 2.05) is 0 Å². The van der Waals surface area contributed by atoms with E-state index in [2.05, 4.69) is 138 Å². The van der Waals surface area contributed by atoms with Gasteiger partial charge in [-0.25, -0.2) is 4.98 Å². The number of rotatable bonds is 1. The number of para-hydroxylation sites is 2. The van der Waals surface area contributed by atoms with E-state index in [1.165, 1.54) is 65.1 Å². The lowest BCUT2D eigenvalue weighted by molar-refractivity contribution is 1.32. The molecule has 2 nitrogen and oxygen atoms in total. The van der Waals surface area contributed by atoms with Crippen LogP contribution in [0.2, 0.25) is 0 Å². The number of fused-ring (bicyclic) bond motifs is 12. The second-order valence-electron chi connectivity index (χ2n) is 10.4. The number of nitrogens with zero attached hydrogens (tertiary/aromatic N) is 2. The lowest BCUT2D eigenvalue weighted by Gasteiger charge is -2.14. The van der Waals surface area contributed by atoms with Gasteiger partial charge < -0.3 is 0 Å². The fourth-order valence-electron chi connectivity index (χ4n) is 6.51. The van der Waals surface area contributed by atoms with E-state index in [1.54, 1.807) is 0 Å². The number of benzene rings is 7. The third-order valence-corrected chi connectivity index (χ3v) is 8.29. The maximum Gasteiger partial charge on any atom is 0.146 e. The largest absolute Gasteiger partial charge is 0.292 e. The van der Waals surface area contributed by atoms with E-state index < -0.39 is 0 Å². The number of hydrogen-bond donors (Lipinski definition) is 0. The van der Waals surface area contributed by atoms with Crippen molar-refractivity contribution in [3.05, 3.63) is 133 Å². The monoisotopic (exact) mass is 494 g/mol. The van der Waals surface area contributed by atoms with Crippen LogP contribution >= 0.6 is 0 Å². The molecule has 0 saturated carbocycles. The molecule has 0 aliphatic heterocycles. The zero-order valence-corrected chi connectivity index (χ0v) is 21.1. The lowest BCUT2D eigenvalue weighted by atomic mass is 9.92. The first-order chi connectivity index (χ1) is 19.3. The molecule has 0 fully saturated rings. The van der Waals surface area contributed by atoms with Crippen LogP contribution in [0, 0.1) is 0 Å². The van der Waals surface area contributed by atoms with Crippen molar-refractivity contribution in [1.29, 1.82) is 0 Å². The second-order valence-corrected chi connectivity index (χ2v) is 10.4. The van der Waals surface area contributed by atoms with Crippen molar-refractivity contribution in [1.82, 2.24) is 9.38 Å². The maximum absolute atomic E-state index is 5.12. The van der Waals surface area contributed by atoms with Crippen LogP contribution in [-0.2, 0) is 0 Å². The molecule has 0 bridgehead atoms. The lowest BCUT2D eigenvalue weighted by Crippen LogP contribution is -1.93. The summed E-state index contributed by atoms with van der Waals surface area (Å²) in [5, 5.41) is 11.2. The van der Waals surface area contributed by atoms with Crippen molar-refractivity contribution >= 4 is 70.7 Å². The molecule has 39 heavy (non-hydrogen) atoms. The third kappa shape index (κ3) is 2.89. The summed E-state index contributed by atoms with van der Waals surface area (Å²) in [7, 11) is 0. The maximum atomic E-state index is 5.12. The standard InChI is InChI=1S/C37H22N2/c1-2-10-24-20-33-31(19-23(24)9-1)32-22-26(17-18-35(32)39-36-16-8-7-15-34(36)38-37(33)39)30-21-25-11-3-4-12-27(25)28-13-5-6-14-29(28)30/h1-22H. The molecule has 0 saturated heterocycles. The summed E-state index contributed by atoms with van der Waals surface area (Å²) in [5.74, 6) is 0. The highest BCUT2D eigenvalue weighted by Gasteiger charge is 2.16. The molecule has 0 aliphatic rings. The summed E-state index contributed by atoms with van der Waals surface area (Å²) >= 11 is 0. The summed E-state index contributed by atoms with van der Waals surface area (Å²) in [6.07, 6.45) is 0. The summed E-state index contributed by atoms with van der Waals surface area (Å²) < 4.78 is 2.34. The molecule has 0 spiro atoms. The molecule has 0 unspecified atom stereocenters. The van der Waals surface area contributed by atoms with Gasteiger partial charge in [-0.15, -0.1) is 0 Å². The van der Waals surface area contributed by atoms with Crippen LogP contribution < -0.4 is 0 Å². The highest BCUT2D eigenvalue weighted by molar-refractivity contribution is 6.19. The molecule has 180 valence electrons. The van der Waals surface area contributed by atoms with Gasteiger partial charge in [-0.2, -0.15) is 0 Å². The Morgan fingerprint density at radius 3 is 1.92 bits per heavy atom. The molecule has 7 aromatic carbocycles. The molecular weight excluding hydrogens is 472 g/mol. The minimum atomic E-state index is 1.01. The number of aromatic nitrogens is 2. The van der Waals surface area contributed by atoms with E-state index in [0.717, 1.165) is 16.7 Å². The topological polar surface area (TPSA) is 17.3 Å². The van der Waals surface area contributed by atoms with Gasteiger partial charge in [0.05, 0.1) is 16.6 Å². The fraction of sp³-hybridized carbons (Fsp3) is 0. The Morgan fingerprint density at radius 1 is 0.410 bits per heavy atom. The second kappa shape index (κ2) is 7.66. The molecule has 2 heterocycles. The molecule has 0 radical (unpaired) electrons. The van der Waals surface area contributed by atoms with Gasteiger partial charge in [0.1, 0.15) is 5.65 Å². The highest BCUT2D eigenvalue weighted by Crippen LogP contribution is 2.39. The third-order valence-electron chi connectivity index (χ3n) is 8.29. The molecule has 0 aliphatic carbocycles. The van der Waals surface area contributed by atoms with Gasteiger partial charge in [-0.1, -0.05) is 91.0 Å². The molecule has 2 heteroatoms. The average Bonchev–Trinajstić information content (AvgIpc) is 3.40. The summed E-state index contributed by atoms with van der Waals surface area (Å²) in [4.78, 5) is 5.12. The Bertz CT molecular complexity index is 2450. The fourth-order valence-corrected chi connectivity index (χ4v) is 6.51. The van der Waals surface area contributed by atoms with E-state index in [9.17, 15) is 0 Å². The first kappa shape index (κ1) is 20.8. The van der Waals surface area contributed by atoms with E-state index in [-0.39, 0.29) is 0 Å². The highest BCUT2D eigenvalue weighted by atomic mass is 15.0. The van der Waals surface area contributed by atoms with Gasteiger partial charge in [0.2, 0.25) is 0 Å². The summed E-state index contributed by atoms with van der Waals surface area (Å²) in [6, 6.07) is 48.5. The smallest absolute Gasteiger partial charge is 0.146 e. The Kier molecular flexibility index (Phi) is 4.08. The number of pyridine rings is 1. The van der Waals surface area contributed by atoms with Crippen LogP contribution in [0.4, 0.5) is 0 Å². The van der Waals surface area contributed by atoms with Crippen LogP contribution in [0.3, 0.4) is 0 Å². The quantitative estimate of drug-likeness (QED) is 0.164. The van der Waals surface area contributed by atoms with Gasteiger partial charge in [-0.05, 0) is 91.3 Å². The van der Waals surface area contributed by atoms with Gasteiger partial charge >= 0.3 is 0 Å². The predicted molar refractivity (Wildman–Crippen MR) is 166 cm³/mol. The number of imidazole rings is 1. The van der Waals surface area contributed by atoms with Crippen LogP contribution in [-0.4, -0.2) is 9.38 Å². The first-order valence-corrected chi connectivity index (χ1v) is 13.4. The number of hydrogen-bond acceptors (Lipinski definition) is 1. The SMILES string of the molecule is c1ccc2cc3c(cc2c1)c1cc(-c2cc4ccccc4c4ccccc24)ccc1n1c2ccccc2nc31. The average molecular weight is 495 g/mol. The Labute approximate surface area is 224 Å². The van der Waals surface area contributed by atoms with Gasteiger partial charge in [0.15, 0.2) is 0 Å². The van der Waals surface area contributed by atoms with Crippen molar-refractivity contribution in [3.63, 3.8) is 0 Å². The normalized spacial score (nSPS) is 12.1. The minimum absolute atomic E-state index is 1.01. The van der Waals surface area contributed by atoms with Crippen LogP contribution in [0.15, 0.2) is 133 Å². The van der Waals surface area contributed by atoms with E-state index in [0.29, 0.717) is 0 Å². The molecule has 9 rings (SSSR count). The van der Waals surface area contributed by atoms with Crippen LogP contribution in [0.25, 0.3) is 81.8 Å². The van der Waals surface area contributed by atoms with Crippen LogP contribution in [0.5, 0.6) is 0 Å². The van der Waals surface area contributed by atoms with Crippen molar-refractivity contribution in [3.8, 4) is 11.1 Å². The molecule has 9 aromatic rings. The van der Waals surface area contributed by atoms with Crippen molar-refractivity contribution < 1.29 is 0 Å². The van der Waals surface area contributed by atoms with Crippen molar-refractivity contribution in [2.45, 2.75) is 0 Å². The molecular formula is C37H22N2. The van der Waals surface area contributed by atoms with Gasteiger partial charge in [-0.3, -0.25) is 4.40 Å². The first-order valence-electron chi connectivity index (χ1n) is 13.4. The van der Waals surface area contributed by atoms with Gasteiger partial charge in [0, 0.05) is 10.8 Å². The minimum Gasteiger partial charge on any atom is -0.292 e. The Morgan fingerprint density at radius 2 is 1.08 bits per heavy atom. The van der Waals surface area contributed by atoms with Gasteiger partial charge in [0.25, 0.3) is 0 Å². The zero-order valence-electron chi connectivity index (χ0n) is 21.1. The molecule has 0 amide bonds. The predicted octanol–water partition coefficient (Wildman–Crippen LogP) is 9.92. The summed E-state index contributed by atoms with van der Waals surface area (Å²) in [6.45, 7) is 0. The Hall–Kier alpha value is -5.21. The summed E-state index contributed by atoms with van der Waals surface area (Å²) in [5.41, 5.74) is 6.82. The molecule has 2 aromatic heterocycles. The molecule has 0 N–H and O–H groups in total. The van der Waals surface area contributed by atoms with Crippen molar-refractivity contribution in [2.24, 2.45) is 0 Å². The molecule has 0 atom stereocenters. The van der Waals surface area contributed by atoms with Crippen LogP contribution in [0.1, 0.15) is 0 Å². The van der Waals surface area contributed by atoms with E-state index in [4.69, 9.17) is 4.98 Å². The van der Waals surface area contributed by atoms with Crippen molar-refractivity contribution in [2.75, 3.05) is 0 Å². The van der Waals surface area contributed by atoms with E-state index >= 15 is 0 Å². The Balaban J connectivity index is 1.47. The zero-order chi connectivity index (χ0) is 25.5.